The van der Waals surface area contributed by atoms with Crippen LogP contribution in [-0.2, 0) is 11.3 Å². The van der Waals surface area contributed by atoms with E-state index in [0.717, 1.165) is 24.1 Å². The second kappa shape index (κ2) is 6.44. The van der Waals surface area contributed by atoms with Gasteiger partial charge >= 0.3 is 0 Å². The highest BCUT2D eigenvalue weighted by Crippen LogP contribution is 2.32. The van der Waals surface area contributed by atoms with E-state index in [4.69, 9.17) is 0 Å². The second-order valence-corrected chi connectivity index (χ2v) is 6.17. The van der Waals surface area contributed by atoms with Crippen molar-refractivity contribution >= 4 is 28.2 Å². The standard InChI is InChI=1S/C22H20N2O/c1-2-24-20-11-7-6-10-18(20)19-14-17(12-13-21(19)24)22(23-15-25)16-8-4-3-5-9-16/h3-15,22H,2H2,1H3,(H,23,25). The lowest BCUT2D eigenvalue weighted by Gasteiger charge is -2.17. The number of hydrogen-bond donors (Lipinski definition) is 1. The minimum atomic E-state index is -0.146. The number of amides is 1. The van der Waals surface area contributed by atoms with Crippen LogP contribution in [0.2, 0.25) is 0 Å². The average molecular weight is 328 g/mol. The van der Waals surface area contributed by atoms with Crippen molar-refractivity contribution in [2.24, 2.45) is 0 Å². The molecular formula is C22H20N2O. The van der Waals surface area contributed by atoms with Gasteiger partial charge in [-0.25, -0.2) is 0 Å². The molecule has 1 atom stereocenters. The molecule has 1 heterocycles. The van der Waals surface area contributed by atoms with Gasteiger partial charge in [-0.05, 0) is 36.2 Å². The van der Waals surface area contributed by atoms with Crippen LogP contribution in [0.1, 0.15) is 24.1 Å². The summed E-state index contributed by atoms with van der Waals surface area (Å²) in [6.07, 6.45) is 0.775. The van der Waals surface area contributed by atoms with Gasteiger partial charge in [0.05, 0.1) is 6.04 Å². The van der Waals surface area contributed by atoms with E-state index in [1.54, 1.807) is 0 Å². The highest BCUT2D eigenvalue weighted by molar-refractivity contribution is 6.08. The Labute approximate surface area is 146 Å². The Hall–Kier alpha value is -3.07. The number of nitrogens with zero attached hydrogens (tertiary/aromatic N) is 1. The molecule has 1 amide bonds. The molecule has 0 aliphatic carbocycles. The normalized spacial score (nSPS) is 12.4. The third-order valence-corrected chi connectivity index (χ3v) is 4.81. The first kappa shape index (κ1) is 15.5. The van der Waals surface area contributed by atoms with Crippen molar-refractivity contribution in [3.05, 3.63) is 83.9 Å². The molecule has 0 aliphatic heterocycles. The molecule has 0 saturated carbocycles. The van der Waals surface area contributed by atoms with Crippen LogP contribution in [0.3, 0.4) is 0 Å². The summed E-state index contributed by atoms with van der Waals surface area (Å²) in [7, 11) is 0. The minimum Gasteiger partial charge on any atom is -0.348 e. The van der Waals surface area contributed by atoms with Crippen molar-refractivity contribution < 1.29 is 4.79 Å². The number of hydrogen-bond acceptors (Lipinski definition) is 1. The maximum atomic E-state index is 11.2. The van der Waals surface area contributed by atoms with E-state index in [1.807, 2.05) is 30.3 Å². The van der Waals surface area contributed by atoms with Gasteiger partial charge in [0.25, 0.3) is 0 Å². The summed E-state index contributed by atoms with van der Waals surface area (Å²) >= 11 is 0. The molecule has 0 radical (unpaired) electrons. The first-order valence-electron chi connectivity index (χ1n) is 8.59. The zero-order valence-corrected chi connectivity index (χ0v) is 14.1. The minimum absolute atomic E-state index is 0.146. The predicted molar refractivity (Wildman–Crippen MR) is 103 cm³/mol. The fourth-order valence-corrected chi connectivity index (χ4v) is 3.69. The zero-order chi connectivity index (χ0) is 17.2. The van der Waals surface area contributed by atoms with Crippen LogP contribution in [-0.4, -0.2) is 11.0 Å². The SMILES string of the molecule is CCn1c2ccccc2c2cc(C(NC=O)c3ccccc3)ccc21. The van der Waals surface area contributed by atoms with Crippen LogP contribution in [0, 0.1) is 0 Å². The van der Waals surface area contributed by atoms with Gasteiger partial charge in [0.1, 0.15) is 0 Å². The summed E-state index contributed by atoms with van der Waals surface area (Å²) in [5, 5.41) is 5.44. The Morgan fingerprint density at radius 1 is 0.880 bits per heavy atom. The third kappa shape index (κ3) is 2.58. The quantitative estimate of drug-likeness (QED) is 0.532. The Bertz CT molecular complexity index is 1030. The number of aromatic nitrogens is 1. The highest BCUT2D eigenvalue weighted by atomic mass is 16.1. The lowest BCUT2D eigenvalue weighted by molar-refractivity contribution is -0.110. The molecule has 1 unspecified atom stereocenters. The van der Waals surface area contributed by atoms with Gasteiger partial charge in [-0.1, -0.05) is 54.6 Å². The number of nitrogens with one attached hydrogen (secondary N) is 1. The molecule has 124 valence electrons. The van der Waals surface area contributed by atoms with Crippen molar-refractivity contribution in [1.29, 1.82) is 0 Å². The zero-order valence-electron chi connectivity index (χ0n) is 14.1. The fourth-order valence-electron chi connectivity index (χ4n) is 3.69. The van der Waals surface area contributed by atoms with Crippen molar-refractivity contribution in [3.8, 4) is 0 Å². The molecule has 0 spiro atoms. The van der Waals surface area contributed by atoms with Gasteiger partial charge in [-0.3, -0.25) is 4.79 Å². The van der Waals surface area contributed by atoms with Gasteiger partial charge in [-0.2, -0.15) is 0 Å². The van der Waals surface area contributed by atoms with Crippen molar-refractivity contribution in [3.63, 3.8) is 0 Å². The Kier molecular flexibility index (Phi) is 3.98. The van der Waals surface area contributed by atoms with E-state index in [1.165, 1.54) is 21.8 Å². The van der Waals surface area contributed by atoms with Gasteiger partial charge in [0.2, 0.25) is 6.41 Å². The van der Waals surface area contributed by atoms with Crippen LogP contribution in [0.15, 0.2) is 72.8 Å². The van der Waals surface area contributed by atoms with E-state index in [-0.39, 0.29) is 6.04 Å². The number of para-hydroxylation sites is 1. The molecule has 3 heteroatoms. The van der Waals surface area contributed by atoms with Gasteiger partial charge in [0, 0.05) is 28.4 Å². The summed E-state index contributed by atoms with van der Waals surface area (Å²) in [5.74, 6) is 0. The lowest BCUT2D eigenvalue weighted by Crippen LogP contribution is -2.20. The fraction of sp³-hybridized carbons (Fsp3) is 0.136. The van der Waals surface area contributed by atoms with Gasteiger partial charge < -0.3 is 9.88 Å². The molecule has 3 aromatic carbocycles. The average Bonchev–Trinajstić information content (AvgIpc) is 3.00. The second-order valence-electron chi connectivity index (χ2n) is 6.17. The van der Waals surface area contributed by atoms with Crippen LogP contribution in [0.5, 0.6) is 0 Å². The predicted octanol–water partition coefficient (Wildman–Crippen LogP) is 4.65. The van der Waals surface area contributed by atoms with E-state index >= 15 is 0 Å². The molecule has 0 aliphatic rings. The van der Waals surface area contributed by atoms with Crippen molar-refractivity contribution in [2.45, 2.75) is 19.5 Å². The maximum absolute atomic E-state index is 11.2. The molecular weight excluding hydrogens is 308 g/mol. The lowest BCUT2D eigenvalue weighted by atomic mass is 9.97. The van der Waals surface area contributed by atoms with Crippen LogP contribution >= 0.6 is 0 Å². The van der Waals surface area contributed by atoms with Crippen LogP contribution in [0.4, 0.5) is 0 Å². The number of rotatable bonds is 5. The molecule has 4 rings (SSSR count). The molecule has 1 N–H and O–H groups in total. The van der Waals surface area contributed by atoms with Crippen molar-refractivity contribution in [1.82, 2.24) is 9.88 Å². The summed E-state index contributed by atoms with van der Waals surface area (Å²) in [5.41, 5.74) is 4.64. The number of carbonyl (C=O) groups excluding carboxylic acids is 1. The Morgan fingerprint density at radius 2 is 1.60 bits per heavy atom. The molecule has 4 aromatic rings. The monoisotopic (exact) mass is 328 g/mol. The molecule has 0 bridgehead atoms. The number of fused-ring (bicyclic) bond motifs is 3. The van der Waals surface area contributed by atoms with E-state index < -0.39 is 0 Å². The first-order chi connectivity index (χ1) is 12.3. The van der Waals surface area contributed by atoms with Gasteiger partial charge in [-0.15, -0.1) is 0 Å². The third-order valence-electron chi connectivity index (χ3n) is 4.81. The van der Waals surface area contributed by atoms with E-state index in [9.17, 15) is 4.79 Å². The summed E-state index contributed by atoms with van der Waals surface area (Å²) < 4.78 is 2.33. The molecule has 0 fully saturated rings. The largest absolute Gasteiger partial charge is 0.348 e. The van der Waals surface area contributed by atoms with E-state index in [2.05, 4.69) is 59.3 Å². The van der Waals surface area contributed by atoms with E-state index in [0.29, 0.717) is 0 Å². The molecule has 0 saturated heterocycles. The molecule has 25 heavy (non-hydrogen) atoms. The summed E-state index contributed by atoms with van der Waals surface area (Å²) in [4.78, 5) is 11.2. The Morgan fingerprint density at radius 3 is 2.36 bits per heavy atom. The summed E-state index contributed by atoms with van der Waals surface area (Å²) in [6.45, 7) is 3.10. The number of carbonyl (C=O) groups is 1. The molecule has 3 nitrogen and oxygen atoms in total. The van der Waals surface area contributed by atoms with Crippen LogP contribution < -0.4 is 5.32 Å². The molecule has 1 aromatic heterocycles. The topological polar surface area (TPSA) is 34.0 Å². The van der Waals surface area contributed by atoms with Crippen molar-refractivity contribution in [2.75, 3.05) is 0 Å². The Balaban J connectivity index is 1.93. The first-order valence-corrected chi connectivity index (χ1v) is 8.59. The summed E-state index contributed by atoms with van der Waals surface area (Å²) in [6, 6.07) is 24.9. The highest BCUT2D eigenvalue weighted by Gasteiger charge is 2.16. The maximum Gasteiger partial charge on any atom is 0.207 e. The van der Waals surface area contributed by atoms with Gasteiger partial charge in [0.15, 0.2) is 0 Å². The smallest absolute Gasteiger partial charge is 0.207 e. The number of benzene rings is 3. The number of aryl methyl sites for hydroxylation is 1. The van der Waals surface area contributed by atoms with Crippen LogP contribution in [0.25, 0.3) is 21.8 Å².